The van der Waals surface area contributed by atoms with E-state index in [4.69, 9.17) is 4.42 Å². The average molecular weight is 372 g/mol. The van der Waals surface area contributed by atoms with E-state index in [2.05, 4.69) is 17.4 Å². The quantitative estimate of drug-likeness (QED) is 0.376. The van der Waals surface area contributed by atoms with Crippen LogP contribution in [0.1, 0.15) is 15.9 Å². The molecule has 138 valence electrons. The van der Waals surface area contributed by atoms with Gasteiger partial charge in [-0.3, -0.25) is 15.6 Å². The first kappa shape index (κ1) is 17.4. The van der Waals surface area contributed by atoms with Gasteiger partial charge in [0.2, 0.25) is 0 Å². The SMILES string of the molecule is C=C(NNC(=O)c1cc2ccccc2cc1O)c1cc2ccccc2oc1=O. The molecular formula is C22H16N2O4. The van der Waals surface area contributed by atoms with E-state index in [1.807, 2.05) is 30.3 Å². The molecule has 6 heteroatoms. The highest BCUT2D eigenvalue weighted by Crippen LogP contribution is 2.24. The summed E-state index contributed by atoms with van der Waals surface area (Å²) in [5.74, 6) is -0.705. The number of carbonyl (C=O) groups excluding carboxylic acids is 1. The van der Waals surface area contributed by atoms with E-state index in [-0.39, 0.29) is 22.6 Å². The number of carbonyl (C=O) groups is 1. The number of hydrogen-bond acceptors (Lipinski definition) is 5. The smallest absolute Gasteiger partial charge is 0.345 e. The van der Waals surface area contributed by atoms with Crippen molar-refractivity contribution >= 4 is 33.3 Å². The Kier molecular flexibility index (Phi) is 4.29. The van der Waals surface area contributed by atoms with Crippen molar-refractivity contribution in [3.8, 4) is 5.75 Å². The lowest BCUT2D eigenvalue weighted by Gasteiger charge is -2.12. The molecule has 0 aliphatic rings. The molecule has 0 aliphatic heterocycles. The van der Waals surface area contributed by atoms with E-state index in [0.717, 1.165) is 16.2 Å². The molecule has 0 spiro atoms. The number of benzene rings is 3. The van der Waals surface area contributed by atoms with Crippen molar-refractivity contribution in [3.63, 3.8) is 0 Å². The molecule has 0 saturated heterocycles. The Bertz CT molecular complexity index is 1290. The number of para-hydroxylation sites is 1. The Balaban J connectivity index is 1.55. The van der Waals surface area contributed by atoms with E-state index in [1.165, 1.54) is 6.07 Å². The fourth-order valence-corrected chi connectivity index (χ4v) is 2.95. The van der Waals surface area contributed by atoms with Crippen molar-refractivity contribution in [2.24, 2.45) is 0 Å². The van der Waals surface area contributed by atoms with Crippen molar-refractivity contribution in [2.75, 3.05) is 0 Å². The van der Waals surface area contributed by atoms with Gasteiger partial charge in [-0.25, -0.2) is 4.79 Å². The minimum atomic E-state index is -0.570. The van der Waals surface area contributed by atoms with Crippen LogP contribution in [0.4, 0.5) is 0 Å². The number of fused-ring (bicyclic) bond motifs is 2. The number of nitrogens with one attached hydrogen (secondary N) is 2. The number of phenols is 1. The summed E-state index contributed by atoms with van der Waals surface area (Å²) in [4.78, 5) is 24.6. The molecule has 6 nitrogen and oxygen atoms in total. The molecule has 3 N–H and O–H groups in total. The van der Waals surface area contributed by atoms with Crippen LogP contribution < -0.4 is 16.5 Å². The van der Waals surface area contributed by atoms with Gasteiger partial charge in [-0.15, -0.1) is 0 Å². The highest BCUT2D eigenvalue weighted by molar-refractivity contribution is 6.01. The Morgan fingerprint density at radius 1 is 0.857 bits per heavy atom. The molecule has 0 fully saturated rings. The van der Waals surface area contributed by atoms with Crippen LogP contribution in [0.25, 0.3) is 27.4 Å². The van der Waals surface area contributed by atoms with Gasteiger partial charge in [-0.05, 0) is 35.0 Å². The van der Waals surface area contributed by atoms with Crippen LogP contribution in [-0.2, 0) is 0 Å². The molecule has 3 aromatic carbocycles. The van der Waals surface area contributed by atoms with Crippen LogP contribution in [0.2, 0.25) is 0 Å². The lowest BCUT2D eigenvalue weighted by atomic mass is 10.1. The number of hydrogen-bond donors (Lipinski definition) is 3. The molecule has 1 aromatic heterocycles. The standard InChI is InChI=1S/C22H16N2O4/c1-13(17-11-16-8-4-5-9-20(16)28-22(17)27)23-24-21(26)18-10-14-6-2-3-7-15(14)12-19(18)25/h2-12,23,25H,1H2,(H,24,26). The normalized spacial score (nSPS) is 10.7. The van der Waals surface area contributed by atoms with Crippen LogP contribution in [0, 0.1) is 0 Å². The zero-order valence-corrected chi connectivity index (χ0v) is 14.7. The van der Waals surface area contributed by atoms with Gasteiger partial charge < -0.3 is 9.52 Å². The second-order valence-corrected chi connectivity index (χ2v) is 6.26. The van der Waals surface area contributed by atoms with Gasteiger partial charge in [0.15, 0.2) is 0 Å². The van der Waals surface area contributed by atoms with Crippen LogP contribution in [0.3, 0.4) is 0 Å². The van der Waals surface area contributed by atoms with Crippen molar-refractivity contribution in [1.82, 2.24) is 10.9 Å². The second-order valence-electron chi connectivity index (χ2n) is 6.26. The first-order chi connectivity index (χ1) is 13.5. The van der Waals surface area contributed by atoms with Crippen LogP contribution in [0.15, 0.2) is 82.5 Å². The van der Waals surface area contributed by atoms with Crippen molar-refractivity contribution < 1.29 is 14.3 Å². The molecule has 0 unspecified atom stereocenters. The third kappa shape index (κ3) is 3.19. The highest BCUT2D eigenvalue weighted by Gasteiger charge is 2.14. The van der Waals surface area contributed by atoms with Crippen molar-refractivity contribution in [2.45, 2.75) is 0 Å². The number of hydrazine groups is 1. The average Bonchev–Trinajstić information content (AvgIpc) is 2.70. The summed E-state index contributed by atoms with van der Waals surface area (Å²) in [5.41, 5.74) is 5.43. The summed E-state index contributed by atoms with van der Waals surface area (Å²) in [7, 11) is 0. The number of amides is 1. The van der Waals surface area contributed by atoms with E-state index in [1.54, 1.807) is 30.3 Å². The summed E-state index contributed by atoms with van der Waals surface area (Å²) < 4.78 is 5.26. The first-order valence-corrected chi connectivity index (χ1v) is 8.53. The minimum Gasteiger partial charge on any atom is -0.507 e. The summed E-state index contributed by atoms with van der Waals surface area (Å²) in [6.45, 7) is 3.78. The topological polar surface area (TPSA) is 91.6 Å². The zero-order valence-electron chi connectivity index (χ0n) is 14.7. The molecule has 28 heavy (non-hydrogen) atoms. The predicted molar refractivity (Wildman–Crippen MR) is 108 cm³/mol. The summed E-state index contributed by atoms with van der Waals surface area (Å²) in [6, 6.07) is 19.2. The molecule has 0 aliphatic carbocycles. The van der Waals surface area contributed by atoms with E-state index in [0.29, 0.717) is 5.58 Å². The fraction of sp³-hybridized carbons (Fsp3) is 0. The van der Waals surface area contributed by atoms with Crippen LogP contribution >= 0.6 is 0 Å². The summed E-state index contributed by atoms with van der Waals surface area (Å²) >= 11 is 0. The van der Waals surface area contributed by atoms with Gasteiger partial charge in [0.25, 0.3) is 5.91 Å². The van der Waals surface area contributed by atoms with Gasteiger partial charge in [0.1, 0.15) is 11.3 Å². The van der Waals surface area contributed by atoms with Gasteiger partial charge in [-0.1, -0.05) is 49.0 Å². The molecule has 0 atom stereocenters. The molecule has 4 rings (SSSR count). The lowest BCUT2D eigenvalue weighted by molar-refractivity contribution is 0.0940. The first-order valence-electron chi connectivity index (χ1n) is 8.53. The van der Waals surface area contributed by atoms with E-state index >= 15 is 0 Å². The van der Waals surface area contributed by atoms with Gasteiger partial charge in [-0.2, -0.15) is 0 Å². The molecule has 1 amide bonds. The predicted octanol–water partition coefficient (Wildman–Crippen LogP) is 3.56. The van der Waals surface area contributed by atoms with Crippen LogP contribution in [0.5, 0.6) is 5.75 Å². The summed E-state index contributed by atoms with van der Waals surface area (Å²) in [5, 5.41) is 12.5. The number of rotatable bonds is 4. The lowest BCUT2D eigenvalue weighted by Crippen LogP contribution is -2.36. The van der Waals surface area contributed by atoms with Gasteiger partial charge >= 0.3 is 5.63 Å². The highest BCUT2D eigenvalue weighted by atomic mass is 16.4. The number of aromatic hydroxyl groups is 1. The minimum absolute atomic E-state index is 0.101. The zero-order chi connectivity index (χ0) is 19.7. The van der Waals surface area contributed by atoms with E-state index < -0.39 is 11.5 Å². The molecule has 0 saturated carbocycles. The van der Waals surface area contributed by atoms with Crippen molar-refractivity contribution in [3.05, 3.63) is 94.9 Å². The number of phenolic OH excluding ortho intramolecular Hbond substituents is 1. The van der Waals surface area contributed by atoms with Gasteiger partial charge in [0, 0.05) is 5.39 Å². The monoisotopic (exact) mass is 372 g/mol. The maximum Gasteiger partial charge on any atom is 0.345 e. The molecule has 0 bridgehead atoms. The third-order valence-corrected chi connectivity index (χ3v) is 4.40. The van der Waals surface area contributed by atoms with Crippen LogP contribution in [-0.4, -0.2) is 11.0 Å². The molecule has 4 aromatic rings. The Morgan fingerprint density at radius 2 is 1.46 bits per heavy atom. The molecule has 0 radical (unpaired) electrons. The second kappa shape index (κ2) is 6.92. The third-order valence-electron chi connectivity index (χ3n) is 4.40. The van der Waals surface area contributed by atoms with Crippen molar-refractivity contribution in [1.29, 1.82) is 0 Å². The molecule has 1 heterocycles. The van der Waals surface area contributed by atoms with Gasteiger partial charge in [0.05, 0.1) is 16.8 Å². The fourth-order valence-electron chi connectivity index (χ4n) is 2.95. The Labute approximate surface area is 159 Å². The maximum atomic E-state index is 12.5. The largest absolute Gasteiger partial charge is 0.507 e. The van der Waals surface area contributed by atoms with E-state index in [9.17, 15) is 14.7 Å². The Morgan fingerprint density at radius 3 is 2.21 bits per heavy atom. The Hall–Kier alpha value is -4.06. The summed E-state index contributed by atoms with van der Waals surface area (Å²) in [6.07, 6.45) is 0. The maximum absolute atomic E-state index is 12.5. The molecular weight excluding hydrogens is 356 g/mol.